The molecule has 0 bridgehead atoms. The Hall–Kier alpha value is -0.160. The van der Waals surface area contributed by atoms with Crippen molar-refractivity contribution in [3.05, 3.63) is 0 Å². The molecule has 80 valence electrons. The Labute approximate surface area is 82.2 Å². The molecule has 0 aromatic rings. The largest absolute Gasteiger partial charge is 0.304 e. The zero-order valence-electron chi connectivity index (χ0n) is 9.59. The van der Waals surface area contributed by atoms with Crippen molar-refractivity contribution in [2.45, 2.75) is 20.0 Å². The van der Waals surface area contributed by atoms with Gasteiger partial charge in [-0.1, -0.05) is 13.8 Å². The quantitative estimate of drug-likeness (QED) is 0.433. The minimum atomic E-state index is 0.402. The highest BCUT2D eigenvalue weighted by Gasteiger charge is 2.11. The van der Waals surface area contributed by atoms with Crippen LogP contribution in [-0.4, -0.2) is 56.9 Å². The summed E-state index contributed by atoms with van der Waals surface area (Å²) in [6, 6.07) is 0. The summed E-state index contributed by atoms with van der Waals surface area (Å²) in [7, 11) is 6.16. The van der Waals surface area contributed by atoms with Crippen molar-refractivity contribution in [3.8, 4) is 0 Å². The number of hydrogen-bond donors (Lipinski definition) is 2. The maximum atomic E-state index is 3.32. The van der Waals surface area contributed by atoms with Gasteiger partial charge in [0.2, 0.25) is 0 Å². The van der Waals surface area contributed by atoms with Crippen LogP contribution >= 0.6 is 0 Å². The summed E-state index contributed by atoms with van der Waals surface area (Å²) in [4.78, 5) is 2.18. The molecule has 0 aliphatic carbocycles. The van der Waals surface area contributed by atoms with Gasteiger partial charge in [0, 0.05) is 19.6 Å². The lowest BCUT2D eigenvalue weighted by Crippen LogP contribution is -2.51. The van der Waals surface area contributed by atoms with Crippen molar-refractivity contribution >= 4 is 0 Å². The molecular formula is C9H24N4. The third-order valence-electron chi connectivity index (χ3n) is 2.11. The van der Waals surface area contributed by atoms with E-state index in [9.17, 15) is 0 Å². The molecule has 0 rings (SSSR count). The lowest BCUT2D eigenvalue weighted by atomic mass is 10.4. The first-order valence-corrected chi connectivity index (χ1v) is 4.97. The smallest absolute Gasteiger partial charge is 0.0735 e. The fourth-order valence-electron chi connectivity index (χ4n) is 1.25. The molecule has 0 aromatic carbocycles. The predicted octanol–water partition coefficient (Wildman–Crippen LogP) is -0.0601. The van der Waals surface area contributed by atoms with E-state index in [4.69, 9.17) is 0 Å². The van der Waals surface area contributed by atoms with Gasteiger partial charge in [0.05, 0.1) is 6.17 Å². The number of nitrogens with zero attached hydrogens (tertiary/aromatic N) is 2. The van der Waals surface area contributed by atoms with E-state index < -0.39 is 0 Å². The maximum Gasteiger partial charge on any atom is 0.0735 e. The summed E-state index contributed by atoms with van der Waals surface area (Å²) in [6.07, 6.45) is 0.402. The number of nitrogens with one attached hydrogen (secondary N) is 2. The van der Waals surface area contributed by atoms with Gasteiger partial charge < -0.3 is 5.32 Å². The van der Waals surface area contributed by atoms with E-state index in [1.54, 1.807) is 0 Å². The summed E-state index contributed by atoms with van der Waals surface area (Å²) in [5, 5.41) is 5.49. The van der Waals surface area contributed by atoms with Crippen LogP contribution in [-0.2, 0) is 0 Å². The second-order valence-electron chi connectivity index (χ2n) is 3.32. The van der Waals surface area contributed by atoms with Gasteiger partial charge in [-0.2, -0.15) is 0 Å². The summed E-state index contributed by atoms with van der Waals surface area (Å²) >= 11 is 0. The van der Waals surface area contributed by atoms with Crippen molar-refractivity contribution in [2.24, 2.45) is 0 Å². The van der Waals surface area contributed by atoms with Crippen LogP contribution in [0.4, 0.5) is 0 Å². The average Bonchev–Trinajstić information content (AvgIpc) is 2.11. The molecule has 1 unspecified atom stereocenters. The van der Waals surface area contributed by atoms with E-state index in [0.717, 1.165) is 19.6 Å². The fourth-order valence-corrected chi connectivity index (χ4v) is 1.25. The first kappa shape index (κ1) is 12.8. The molecule has 0 spiro atoms. The molecule has 13 heavy (non-hydrogen) atoms. The van der Waals surface area contributed by atoms with Crippen LogP contribution in [0.2, 0.25) is 0 Å². The molecular weight excluding hydrogens is 164 g/mol. The Kier molecular flexibility index (Phi) is 7.17. The van der Waals surface area contributed by atoms with Crippen molar-refractivity contribution in [3.63, 3.8) is 0 Å². The van der Waals surface area contributed by atoms with Crippen molar-refractivity contribution in [1.29, 1.82) is 0 Å². The first-order valence-electron chi connectivity index (χ1n) is 4.97. The van der Waals surface area contributed by atoms with Crippen LogP contribution in [0, 0.1) is 0 Å². The highest BCUT2D eigenvalue weighted by molar-refractivity contribution is 4.64. The van der Waals surface area contributed by atoms with Gasteiger partial charge in [0.15, 0.2) is 0 Å². The summed E-state index contributed by atoms with van der Waals surface area (Å²) in [5.74, 6) is 0. The van der Waals surface area contributed by atoms with Crippen LogP contribution in [0.1, 0.15) is 13.8 Å². The zero-order valence-corrected chi connectivity index (χ0v) is 9.59. The van der Waals surface area contributed by atoms with E-state index in [-0.39, 0.29) is 0 Å². The second kappa shape index (κ2) is 7.26. The summed E-state index contributed by atoms with van der Waals surface area (Å²) in [6.45, 7) is 7.28. The van der Waals surface area contributed by atoms with Crippen molar-refractivity contribution in [1.82, 2.24) is 20.7 Å². The van der Waals surface area contributed by atoms with Gasteiger partial charge in [0.25, 0.3) is 0 Å². The molecule has 0 heterocycles. The number of hydrogen-bond acceptors (Lipinski definition) is 4. The Balaban J connectivity index is 3.87. The highest BCUT2D eigenvalue weighted by Crippen LogP contribution is 1.91. The normalized spacial score (nSPS) is 14.1. The van der Waals surface area contributed by atoms with Gasteiger partial charge >= 0.3 is 0 Å². The average molecular weight is 188 g/mol. The van der Waals surface area contributed by atoms with Crippen LogP contribution < -0.4 is 10.7 Å². The molecule has 0 aliphatic heterocycles. The topological polar surface area (TPSA) is 30.5 Å². The third-order valence-corrected chi connectivity index (χ3v) is 2.11. The van der Waals surface area contributed by atoms with Crippen LogP contribution in [0.5, 0.6) is 0 Å². The third kappa shape index (κ3) is 5.21. The minimum absolute atomic E-state index is 0.402. The molecule has 0 aliphatic rings. The summed E-state index contributed by atoms with van der Waals surface area (Å²) in [5.41, 5.74) is 3.32. The first-order chi connectivity index (χ1) is 6.15. The number of likely N-dealkylation sites (N-methyl/N-ethyl adjacent to an activating group) is 3. The minimum Gasteiger partial charge on any atom is -0.304 e. The molecule has 0 amide bonds. The van der Waals surface area contributed by atoms with E-state index in [0.29, 0.717) is 6.17 Å². The fraction of sp³-hybridized carbons (Fsp3) is 1.00. The Morgan fingerprint density at radius 1 is 1.23 bits per heavy atom. The van der Waals surface area contributed by atoms with Gasteiger partial charge in [-0.3, -0.25) is 10.3 Å². The highest BCUT2D eigenvalue weighted by atomic mass is 15.5. The summed E-state index contributed by atoms with van der Waals surface area (Å²) < 4.78 is 0. The lowest BCUT2D eigenvalue weighted by molar-refractivity contribution is 0.127. The molecule has 0 saturated carbocycles. The molecule has 0 radical (unpaired) electrons. The monoisotopic (exact) mass is 188 g/mol. The van der Waals surface area contributed by atoms with Crippen molar-refractivity contribution in [2.75, 3.05) is 40.8 Å². The predicted molar refractivity (Wildman–Crippen MR) is 57.5 cm³/mol. The Morgan fingerprint density at radius 3 is 2.15 bits per heavy atom. The van der Waals surface area contributed by atoms with Gasteiger partial charge in [0.1, 0.15) is 0 Å². The van der Waals surface area contributed by atoms with Crippen LogP contribution in [0.3, 0.4) is 0 Å². The number of rotatable bonds is 7. The van der Waals surface area contributed by atoms with E-state index in [1.165, 1.54) is 0 Å². The maximum absolute atomic E-state index is 3.32. The molecule has 0 aromatic heterocycles. The van der Waals surface area contributed by atoms with Gasteiger partial charge in [-0.25, -0.2) is 5.01 Å². The Bertz CT molecular complexity index is 116. The van der Waals surface area contributed by atoms with Crippen LogP contribution in [0.25, 0.3) is 0 Å². The SMILES string of the molecule is CCNN(CC)CC(NC)N(C)C. The van der Waals surface area contributed by atoms with Crippen molar-refractivity contribution < 1.29 is 0 Å². The van der Waals surface area contributed by atoms with Crippen LogP contribution in [0.15, 0.2) is 0 Å². The van der Waals surface area contributed by atoms with E-state index >= 15 is 0 Å². The molecule has 0 fully saturated rings. The van der Waals surface area contributed by atoms with E-state index in [1.807, 2.05) is 7.05 Å². The standard InChI is InChI=1S/C9H24N4/c1-6-11-13(7-2)8-9(10-3)12(4)5/h9-11H,6-8H2,1-5H3. The molecule has 1 atom stereocenters. The lowest BCUT2D eigenvalue weighted by Gasteiger charge is -2.30. The van der Waals surface area contributed by atoms with Gasteiger partial charge in [-0.15, -0.1) is 0 Å². The number of hydrazine groups is 1. The second-order valence-corrected chi connectivity index (χ2v) is 3.32. The molecule has 2 N–H and O–H groups in total. The molecule has 0 saturated heterocycles. The molecule has 4 heteroatoms. The Morgan fingerprint density at radius 2 is 1.85 bits per heavy atom. The van der Waals surface area contributed by atoms with Gasteiger partial charge in [-0.05, 0) is 21.1 Å². The van der Waals surface area contributed by atoms with E-state index in [2.05, 4.69) is 48.6 Å². The zero-order chi connectivity index (χ0) is 10.3. The molecule has 4 nitrogen and oxygen atoms in total.